The SMILES string of the molecule is COC(=O)C1CC(N)c2cc(F)ccc2O1. The number of ether oxygens (including phenoxy) is 2. The summed E-state index contributed by atoms with van der Waals surface area (Å²) in [6.07, 6.45) is -0.415. The van der Waals surface area contributed by atoms with Crippen LogP contribution in [0.3, 0.4) is 0 Å². The molecule has 1 aliphatic rings. The van der Waals surface area contributed by atoms with Crippen molar-refractivity contribution in [3.63, 3.8) is 0 Å². The van der Waals surface area contributed by atoms with E-state index in [0.29, 0.717) is 17.7 Å². The fourth-order valence-corrected chi connectivity index (χ4v) is 1.75. The third-order valence-electron chi connectivity index (χ3n) is 2.57. The lowest BCUT2D eigenvalue weighted by Gasteiger charge is -2.28. The Balaban J connectivity index is 2.30. The molecule has 1 aromatic carbocycles. The summed E-state index contributed by atoms with van der Waals surface area (Å²) in [5.41, 5.74) is 6.43. The number of fused-ring (bicyclic) bond motifs is 1. The maximum Gasteiger partial charge on any atom is 0.347 e. The number of carbonyl (C=O) groups excluding carboxylic acids is 1. The summed E-state index contributed by atoms with van der Waals surface area (Å²) in [6, 6.07) is 3.65. The second-order valence-corrected chi connectivity index (χ2v) is 3.65. The molecule has 1 aliphatic heterocycles. The molecule has 0 radical (unpaired) electrons. The predicted molar refractivity (Wildman–Crippen MR) is 54.4 cm³/mol. The van der Waals surface area contributed by atoms with E-state index in [1.54, 1.807) is 0 Å². The Labute approximate surface area is 92.1 Å². The first-order chi connectivity index (χ1) is 7.61. The van der Waals surface area contributed by atoms with Gasteiger partial charge in [-0.25, -0.2) is 9.18 Å². The number of benzene rings is 1. The quantitative estimate of drug-likeness (QED) is 0.728. The number of nitrogens with two attached hydrogens (primary N) is 1. The smallest absolute Gasteiger partial charge is 0.347 e. The lowest BCUT2D eigenvalue weighted by molar-refractivity contribution is -0.149. The molecular weight excluding hydrogens is 213 g/mol. The second-order valence-electron chi connectivity index (χ2n) is 3.65. The minimum atomic E-state index is -0.710. The molecule has 2 rings (SSSR count). The number of rotatable bonds is 1. The van der Waals surface area contributed by atoms with Crippen LogP contribution >= 0.6 is 0 Å². The van der Waals surface area contributed by atoms with E-state index in [1.807, 2.05) is 0 Å². The Bertz CT molecular complexity index is 422. The molecule has 4 nitrogen and oxygen atoms in total. The highest BCUT2D eigenvalue weighted by atomic mass is 19.1. The molecule has 0 fully saturated rings. The van der Waals surface area contributed by atoms with Gasteiger partial charge in [0.2, 0.25) is 0 Å². The van der Waals surface area contributed by atoms with Crippen molar-refractivity contribution in [1.82, 2.24) is 0 Å². The van der Waals surface area contributed by atoms with Gasteiger partial charge in [-0.05, 0) is 18.2 Å². The maximum atomic E-state index is 13.0. The van der Waals surface area contributed by atoms with Crippen molar-refractivity contribution in [3.8, 4) is 5.75 Å². The molecule has 0 spiro atoms. The normalized spacial score (nSPS) is 23.2. The Hall–Kier alpha value is -1.62. The van der Waals surface area contributed by atoms with E-state index in [9.17, 15) is 9.18 Å². The third-order valence-corrected chi connectivity index (χ3v) is 2.57. The van der Waals surface area contributed by atoms with Crippen LogP contribution in [0.5, 0.6) is 5.75 Å². The zero-order valence-electron chi connectivity index (χ0n) is 8.77. The van der Waals surface area contributed by atoms with Crippen LogP contribution in [0.15, 0.2) is 18.2 Å². The monoisotopic (exact) mass is 225 g/mol. The van der Waals surface area contributed by atoms with Crippen LogP contribution in [0.1, 0.15) is 18.0 Å². The molecule has 16 heavy (non-hydrogen) atoms. The lowest BCUT2D eigenvalue weighted by atomic mass is 9.97. The summed E-state index contributed by atoms with van der Waals surface area (Å²) >= 11 is 0. The average Bonchev–Trinajstić information content (AvgIpc) is 2.28. The van der Waals surface area contributed by atoms with Crippen LogP contribution in [-0.4, -0.2) is 19.2 Å². The van der Waals surface area contributed by atoms with Crippen molar-refractivity contribution < 1.29 is 18.7 Å². The van der Waals surface area contributed by atoms with Crippen LogP contribution < -0.4 is 10.5 Å². The van der Waals surface area contributed by atoms with E-state index in [2.05, 4.69) is 4.74 Å². The van der Waals surface area contributed by atoms with E-state index in [0.717, 1.165) is 0 Å². The van der Waals surface area contributed by atoms with E-state index >= 15 is 0 Å². The van der Waals surface area contributed by atoms with Crippen LogP contribution in [0, 0.1) is 5.82 Å². The fourth-order valence-electron chi connectivity index (χ4n) is 1.75. The Morgan fingerprint density at radius 3 is 3.06 bits per heavy atom. The standard InChI is InChI=1S/C11H12FNO3/c1-15-11(14)10-5-8(13)7-4-6(12)2-3-9(7)16-10/h2-4,8,10H,5,13H2,1H3. The van der Waals surface area contributed by atoms with Crippen molar-refractivity contribution in [2.24, 2.45) is 5.73 Å². The van der Waals surface area contributed by atoms with Crippen molar-refractivity contribution in [2.75, 3.05) is 7.11 Å². The highest BCUT2D eigenvalue weighted by Gasteiger charge is 2.31. The first kappa shape index (κ1) is 10.9. The zero-order chi connectivity index (χ0) is 11.7. The number of hydrogen-bond donors (Lipinski definition) is 1. The minimum absolute atomic E-state index is 0.295. The van der Waals surface area contributed by atoms with Crippen LogP contribution in [0.2, 0.25) is 0 Å². The molecular formula is C11H12FNO3. The second kappa shape index (κ2) is 4.09. The number of halogens is 1. The van der Waals surface area contributed by atoms with Crippen molar-refractivity contribution in [1.29, 1.82) is 0 Å². The molecule has 5 heteroatoms. The summed E-state index contributed by atoms with van der Waals surface area (Å²) in [5.74, 6) is -0.393. The summed E-state index contributed by atoms with van der Waals surface area (Å²) in [6.45, 7) is 0. The highest BCUT2D eigenvalue weighted by Crippen LogP contribution is 2.33. The lowest BCUT2D eigenvalue weighted by Crippen LogP contribution is -2.36. The Kier molecular flexibility index (Phi) is 2.78. The van der Waals surface area contributed by atoms with Crippen LogP contribution in [-0.2, 0) is 9.53 Å². The van der Waals surface area contributed by atoms with E-state index in [-0.39, 0.29) is 5.82 Å². The fraction of sp³-hybridized carbons (Fsp3) is 0.364. The summed E-state index contributed by atoms with van der Waals surface area (Å²) in [7, 11) is 1.29. The van der Waals surface area contributed by atoms with Crippen LogP contribution in [0.25, 0.3) is 0 Å². The van der Waals surface area contributed by atoms with Gasteiger partial charge >= 0.3 is 5.97 Å². The van der Waals surface area contributed by atoms with Gasteiger partial charge in [0.05, 0.1) is 7.11 Å². The number of carbonyl (C=O) groups is 1. The number of hydrogen-bond acceptors (Lipinski definition) is 4. The average molecular weight is 225 g/mol. The number of methoxy groups -OCH3 is 1. The minimum Gasteiger partial charge on any atom is -0.478 e. The molecule has 2 N–H and O–H groups in total. The molecule has 0 bridgehead atoms. The van der Waals surface area contributed by atoms with Gasteiger partial charge in [-0.3, -0.25) is 0 Å². The summed E-state index contributed by atoms with van der Waals surface area (Å²) in [5, 5.41) is 0. The van der Waals surface area contributed by atoms with Gasteiger partial charge in [0.15, 0.2) is 6.10 Å². The summed E-state index contributed by atoms with van der Waals surface area (Å²) < 4.78 is 23.0. The van der Waals surface area contributed by atoms with E-state index in [1.165, 1.54) is 25.3 Å². The Morgan fingerprint density at radius 2 is 2.38 bits per heavy atom. The van der Waals surface area contributed by atoms with Crippen molar-refractivity contribution in [3.05, 3.63) is 29.6 Å². The molecule has 1 aromatic rings. The summed E-state index contributed by atoms with van der Waals surface area (Å²) in [4.78, 5) is 11.3. The predicted octanol–water partition coefficient (Wildman–Crippen LogP) is 1.15. The molecule has 0 aromatic heterocycles. The molecule has 0 saturated heterocycles. The van der Waals surface area contributed by atoms with Gasteiger partial charge in [-0.2, -0.15) is 0 Å². The molecule has 0 aliphatic carbocycles. The van der Waals surface area contributed by atoms with E-state index in [4.69, 9.17) is 10.5 Å². The van der Waals surface area contributed by atoms with Gasteiger partial charge < -0.3 is 15.2 Å². The molecule has 86 valence electrons. The van der Waals surface area contributed by atoms with Gasteiger partial charge in [0.1, 0.15) is 11.6 Å². The first-order valence-electron chi connectivity index (χ1n) is 4.91. The maximum absolute atomic E-state index is 13.0. The molecule has 2 atom stereocenters. The largest absolute Gasteiger partial charge is 0.478 e. The van der Waals surface area contributed by atoms with E-state index < -0.39 is 18.1 Å². The van der Waals surface area contributed by atoms with Gasteiger partial charge in [0, 0.05) is 18.0 Å². The first-order valence-corrected chi connectivity index (χ1v) is 4.91. The molecule has 0 saturated carbocycles. The van der Waals surface area contributed by atoms with Crippen LogP contribution in [0.4, 0.5) is 4.39 Å². The van der Waals surface area contributed by atoms with Gasteiger partial charge in [-0.15, -0.1) is 0 Å². The highest BCUT2D eigenvalue weighted by molar-refractivity contribution is 5.75. The topological polar surface area (TPSA) is 61.5 Å². The zero-order valence-corrected chi connectivity index (χ0v) is 8.77. The van der Waals surface area contributed by atoms with Gasteiger partial charge in [-0.1, -0.05) is 0 Å². The molecule has 0 amide bonds. The van der Waals surface area contributed by atoms with Crippen molar-refractivity contribution in [2.45, 2.75) is 18.6 Å². The third kappa shape index (κ3) is 1.86. The number of esters is 1. The molecule has 2 unspecified atom stereocenters. The molecule has 1 heterocycles. The van der Waals surface area contributed by atoms with Crippen molar-refractivity contribution >= 4 is 5.97 Å². The Morgan fingerprint density at radius 1 is 1.62 bits per heavy atom. The van der Waals surface area contributed by atoms with Gasteiger partial charge in [0.25, 0.3) is 0 Å².